The summed E-state index contributed by atoms with van der Waals surface area (Å²) in [6, 6.07) is 13.8. The third-order valence-corrected chi connectivity index (χ3v) is 2.74. The number of anilines is 1. The van der Waals surface area contributed by atoms with E-state index < -0.39 is 6.61 Å². The summed E-state index contributed by atoms with van der Waals surface area (Å²) in [4.78, 5) is 0. The molecule has 0 aliphatic carbocycles. The number of benzene rings is 2. The van der Waals surface area contributed by atoms with Crippen molar-refractivity contribution in [1.82, 2.24) is 0 Å². The Balaban J connectivity index is 1.91. The minimum Gasteiger partial charge on any atom is -0.435 e. The monoisotopic (exact) mass is 283 g/mol. The first-order chi connectivity index (χ1) is 9.13. The van der Waals surface area contributed by atoms with E-state index in [1.165, 1.54) is 12.1 Å². The van der Waals surface area contributed by atoms with Crippen molar-refractivity contribution in [3.8, 4) is 5.75 Å². The van der Waals surface area contributed by atoms with Gasteiger partial charge in [-0.1, -0.05) is 23.7 Å². The highest BCUT2D eigenvalue weighted by Gasteiger charge is 2.03. The number of hydrogen-bond acceptors (Lipinski definition) is 2. The molecule has 0 aliphatic heterocycles. The Morgan fingerprint density at radius 1 is 1.00 bits per heavy atom. The third-order valence-electron chi connectivity index (χ3n) is 2.49. The van der Waals surface area contributed by atoms with Gasteiger partial charge in [0.1, 0.15) is 5.75 Å². The van der Waals surface area contributed by atoms with E-state index in [0.717, 1.165) is 11.3 Å². The molecule has 0 saturated carbocycles. The molecule has 100 valence electrons. The van der Waals surface area contributed by atoms with E-state index in [1.54, 1.807) is 12.1 Å². The summed E-state index contributed by atoms with van der Waals surface area (Å²) in [6.07, 6.45) is 0. The van der Waals surface area contributed by atoms with Gasteiger partial charge >= 0.3 is 6.61 Å². The molecule has 0 spiro atoms. The van der Waals surface area contributed by atoms with Crippen molar-refractivity contribution in [2.24, 2.45) is 0 Å². The number of nitrogens with one attached hydrogen (secondary N) is 1. The molecular formula is C14H12ClF2NO. The van der Waals surface area contributed by atoms with Gasteiger partial charge in [-0.15, -0.1) is 0 Å². The van der Waals surface area contributed by atoms with Crippen LogP contribution in [-0.2, 0) is 6.54 Å². The average molecular weight is 284 g/mol. The van der Waals surface area contributed by atoms with Gasteiger partial charge in [0.2, 0.25) is 0 Å². The van der Waals surface area contributed by atoms with E-state index in [2.05, 4.69) is 10.1 Å². The summed E-state index contributed by atoms with van der Waals surface area (Å²) in [5.41, 5.74) is 1.91. The largest absolute Gasteiger partial charge is 0.435 e. The fourth-order valence-corrected chi connectivity index (χ4v) is 1.69. The molecule has 19 heavy (non-hydrogen) atoms. The van der Waals surface area contributed by atoms with Crippen LogP contribution in [0.1, 0.15) is 5.56 Å². The van der Waals surface area contributed by atoms with E-state index in [4.69, 9.17) is 11.6 Å². The molecule has 0 aliphatic rings. The fourth-order valence-electron chi connectivity index (χ4n) is 1.56. The van der Waals surface area contributed by atoms with Crippen LogP contribution in [0.25, 0.3) is 0 Å². The summed E-state index contributed by atoms with van der Waals surface area (Å²) in [7, 11) is 0. The summed E-state index contributed by atoms with van der Waals surface area (Å²) in [6.45, 7) is -2.17. The van der Waals surface area contributed by atoms with Crippen molar-refractivity contribution in [2.45, 2.75) is 13.2 Å². The van der Waals surface area contributed by atoms with Crippen LogP contribution in [0, 0.1) is 0 Å². The number of alkyl halides is 2. The lowest BCUT2D eigenvalue weighted by Crippen LogP contribution is -2.02. The molecule has 0 bridgehead atoms. The fraction of sp³-hybridized carbons (Fsp3) is 0.143. The van der Waals surface area contributed by atoms with Crippen LogP contribution in [0.3, 0.4) is 0 Å². The molecule has 0 unspecified atom stereocenters. The Kier molecular flexibility index (Phi) is 4.58. The number of ether oxygens (including phenoxy) is 1. The van der Waals surface area contributed by atoms with Gasteiger partial charge in [-0.25, -0.2) is 0 Å². The van der Waals surface area contributed by atoms with Gasteiger partial charge in [0, 0.05) is 17.3 Å². The molecule has 2 rings (SSSR count). The molecule has 0 saturated heterocycles. The van der Waals surface area contributed by atoms with E-state index in [-0.39, 0.29) is 5.75 Å². The van der Waals surface area contributed by atoms with Gasteiger partial charge in [-0.2, -0.15) is 8.78 Å². The third kappa shape index (κ3) is 4.41. The smallest absolute Gasteiger partial charge is 0.387 e. The molecule has 5 heteroatoms. The van der Waals surface area contributed by atoms with Gasteiger partial charge < -0.3 is 10.1 Å². The Morgan fingerprint density at radius 3 is 2.21 bits per heavy atom. The molecule has 0 fully saturated rings. The highest BCUT2D eigenvalue weighted by atomic mass is 35.5. The van der Waals surface area contributed by atoms with Gasteiger partial charge in [-0.05, 0) is 42.0 Å². The summed E-state index contributed by atoms with van der Waals surface area (Å²) in [5, 5.41) is 3.87. The first-order valence-electron chi connectivity index (χ1n) is 5.67. The Labute approximate surface area is 115 Å². The Hall–Kier alpha value is -1.81. The van der Waals surface area contributed by atoms with Crippen molar-refractivity contribution in [2.75, 3.05) is 5.32 Å². The Morgan fingerprint density at radius 2 is 1.63 bits per heavy atom. The quantitative estimate of drug-likeness (QED) is 0.869. The van der Waals surface area contributed by atoms with Crippen LogP contribution >= 0.6 is 11.6 Å². The second-order valence-electron chi connectivity index (χ2n) is 3.88. The second kappa shape index (κ2) is 6.38. The van der Waals surface area contributed by atoms with Gasteiger partial charge in [-0.3, -0.25) is 0 Å². The minimum absolute atomic E-state index is 0.145. The normalized spacial score (nSPS) is 10.5. The van der Waals surface area contributed by atoms with E-state index in [0.29, 0.717) is 11.6 Å². The van der Waals surface area contributed by atoms with Crippen LogP contribution in [0.2, 0.25) is 5.02 Å². The first-order valence-corrected chi connectivity index (χ1v) is 6.04. The molecule has 0 atom stereocenters. The van der Waals surface area contributed by atoms with E-state index >= 15 is 0 Å². The number of halogens is 3. The molecule has 0 aromatic heterocycles. The lowest BCUT2D eigenvalue weighted by molar-refractivity contribution is -0.0498. The van der Waals surface area contributed by atoms with E-state index in [9.17, 15) is 8.78 Å². The molecular weight excluding hydrogens is 272 g/mol. The summed E-state index contributed by atoms with van der Waals surface area (Å²) < 4.78 is 28.2. The predicted octanol–water partition coefficient (Wildman–Crippen LogP) is 4.55. The van der Waals surface area contributed by atoms with Crippen molar-refractivity contribution in [3.63, 3.8) is 0 Å². The molecule has 0 heterocycles. The van der Waals surface area contributed by atoms with Gasteiger partial charge in [0.25, 0.3) is 0 Å². The first kappa shape index (κ1) is 13.6. The van der Waals surface area contributed by atoms with Crippen molar-refractivity contribution >= 4 is 17.3 Å². The molecule has 0 radical (unpaired) electrons. The molecule has 2 nitrogen and oxygen atoms in total. The van der Waals surface area contributed by atoms with Crippen molar-refractivity contribution < 1.29 is 13.5 Å². The van der Waals surface area contributed by atoms with Crippen molar-refractivity contribution in [3.05, 3.63) is 59.1 Å². The van der Waals surface area contributed by atoms with Gasteiger partial charge in [0.15, 0.2) is 0 Å². The lowest BCUT2D eigenvalue weighted by atomic mass is 10.2. The second-order valence-corrected chi connectivity index (χ2v) is 4.32. The predicted molar refractivity (Wildman–Crippen MR) is 71.9 cm³/mol. The molecule has 1 N–H and O–H groups in total. The number of rotatable bonds is 5. The zero-order chi connectivity index (χ0) is 13.7. The van der Waals surface area contributed by atoms with Crippen LogP contribution < -0.4 is 10.1 Å². The highest BCUT2D eigenvalue weighted by molar-refractivity contribution is 6.30. The minimum atomic E-state index is -2.80. The van der Waals surface area contributed by atoms with Crippen LogP contribution in [0.5, 0.6) is 5.75 Å². The van der Waals surface area contributed by atoms with E-state index in [1.807, 2.05) is 24.3 Å². The molecule has 0 amide bonds. The topological polar surface area (TPSA) is 21.3 Å². The van der Waals surface area contributed by atoms with Crippen LogP contribution in [0.4, 0.5) is 14.5 Å². The van der Waals surface area contributed by atoms with Gasteiger partial charge in [0.05, 0.1) is 0 Å². The standard InChI is InChI=1S/C14H12ClF2NO/c15-11-3-1-10(2-4-11)9-18-12-5-7-13(8-6-12)19-14(16)17/h1-8,14,18H,9H2. The van der Waals surface area contributed by atoms with Crippen LogP contribution in [0.15, 0.2) is 48.5 Å². The maximum absolute atomic E-state index is 12.0. The zero-order valence-corrected chi connectivity index (χ0v) is 10.7. The maximum atomic E-state index is 12.0. The number of hydrogen-bond donors (Lipinski definition) is 1. The SMILES string of the molecule is FC(F)Oc1ccc(NCc2ccc(Cl)cc2)cc1. The summed E-state index contributed by atoms with van der Waals surface area (Å²) >= 11 is 5.79. The average Bonchev–Trinajstić information content (AvgIpc) is 2.39. The zero-order valence-electron chi connectivity index (χ0n) is 9.95. The molecule has 2 aromatic carbocycles. The molecule has 2 aromatic rings. The Bertz CT molecular complexity index is 514. The maximum Gasteiger partial charge on any atom is 0.387 e. The summed E-state index contributed by atoms with van der Waals surface area (Å²) in [5.74, 6) is 0.145. The lowest BCUT2D eigenvalue weighted by Gasteiger charge is -2.08. The highest BCUT2D eigenvalue weighted by Crippen LogP contribution is 2.18. The van der Waals surface area contributed by atoms with Crippen LogP contribution in [-0.4, -0.2) is 6.61 Å². The van der Waals surface area contributed by atoms with Crippen molar-refractivity contribution in [1.29, 1.82) is 0 Å².